The molecule has 0 saturated heterocycles. The number of alkyl carbamates (subject to hydrolysis) is 1. The topological polar surface area (TPSA) is 121 Å². The second-order valence-electron chi connectivity index (χ2n) is 12.8. The lowest BCUT2D eigenvalue weighted by atomic mass is 9.55. The monoisotopic (exact) mass is 557 g/mol. The first kappa shape index (κ1) is 27.4. The van der Waals surface area contributed by atoms with Crippen molar-refractivity contribution in [2.75, 3.05) is 0 Å². The second kappa shape index (κ2) is 11.2. The number of carbonyl (C=O) groups excluding carboxylic acids is 2. The van der Waals surface area contributed by atoms with Crippen molar-refractivity contribution in [3.63, 3.8) is 0 Å². The van der Waals surface area contributed by atoms with Gasteiger partial charge in [0.05, 0.1) is 6.42 Å². The van der Waals surface area contributed by atoms with Crippen molar-refractivity contribution < 1.29 is 24.2 Å². The summed E-state index contributed by atoms with van der Waals surface area (Å²) in [6, 6.07) is 16.7. The third-order valence-corrected chi connectivity index (χ3v) is 9.56. The summed E-state index contributed by atoms with van der Waals surface area (Å²) in [6.45, 7) is 1.70. The first-order valence-electron chi connectivity index (χ1n) is 14.9. The molecule has 4 aliphatic carbocycles. The zero-order valence-corrected chi connectivity index (χ0v) is 23.5. The highest BCUT2D eigenvalue weighted by Crippen LogP contribution is 2.54. The number of hydrogen-bond acceptors (Lipinski definition) is 4. The van der Waals surface area contributed by atoms with Gasteiger partial charge in [0.25, 0.3) is 0 Å². The van der Waals surface area contributed by atoms with E-state index in [0.29, 0.717) is 18.3 Å². The molecule has 4 bridgehead atoms. The number of amides is 2. The molecule has 4 fully saturated rings. The lowest BCUT2D eigenvalue weighted by Gasteiger charge is -2.53. The van der Waals surface area contributed by atoms with Gasteiger partial charge in [-0.05, 0) is 86.3 Å². The number of nitrogens with one attached hydrogen (secondary N) is 3. The summed E-state index contributed by atoms with van der Waals surface area (Å²) in [5, 5.41) is 16.5. The zero-order chi connectivity index (χ0) is 28.6. The number of aliphatic carboxylic acids is 1. The summed E-state index contributed by atoms with van der Waals surface area (Å²) in [4.78, 5) is 42.4. The minimum atomic E-state index is -1.37. The molecule has 4 saturated carbocycles. The Kier molecular flexibility index (Phi) is 7.49. The van der Waals surface area contributed by atoms with Crippen LogP contribution in [0.3, 0.4) is 0 Å². The number of carboxylic acids is 1. The number of benzene rings is 2. The highest BCUT2D eigenvalue weighted by Gasteiger charge is 2.50. The Labute approximate surface area is 240 Å². The third kappa shape index (κ3) is 5.97. The molecule has 2 aromatic carbocycles. The molecule has 8 heteroatoms. The van der Waals surface area contributed by atoms with Crippen molar-refractivity contribution >= 4 is 28.9 Å². The number of aromatic amines is 1. The van der Waals surface area contributed by atoms with E-state index in [1.165, 1.54) is 6.42 Å². The molecule has 2 atom stereocenters. The lowest BCUT2D eigenvalue weighted by molar-refractivity contribution is -0.138. The molecular formula is C33H39N3O5. The van der Waals surface area contributed by atoms with Crippen LogP contribution in [0.25, 0.3) is 10.9 Å². The van der Waals surface area contributed by atoms with Gasteiger partial charge in [0.15, 0.2) is 0 Å². The molecule has 2 amide bonds. The summed E-state index contributed by atoms with van der Waals surface area (Å²) >= 11 is 0. The Balaban J connectivity index is 1.22. The molecule has 7 rings (SSSR count). The van der Waals surface area contributed by atoms with Gasteiger partial charge in [-0.1, -0.05) is 48.5 Å². The molecule has 3 aromatic rings. The van der Waals surface area contributed by atoms with E-state index in [2.05, 4.69) is 15.6 Å². The Bertz CT molecular complexity index is 1390. The van der Waals surface area contributed by atoms with Gasteiger partial charge in [-0.25, -0.2) is 4.79 Å². The van der Waals surface area contributed by atoms with Gasteiger partial charge < -0.3 is 25.5 Å². The average Bonchev–Trinajstić information content (AvgIpc) is 3.33. The van der Waals surface area contributed by atoms with E-state index in [1.807, 2.05) is 60.8 Å². The van der Waals surface area contributed by atoms with Crippen LogP contribution in [-0.4, -0.2) is 45.7 Å². The van der Waals surface area contributed by atoms with Crippen LogP contribution in [0, 0.1) is 23.7 Å². The minimum Gasteiger partial charge on any atom is -0.481 e. The quantitative estimate of drug-likeness (QED) is 0.272. The SMILES string of the molecule is C[C@@](Cc1c[nH]c2ccccc12)(NC(=O)OC1C2CC3CC(C2)CC1C3)C(=O)N[C@H](CC(=O)O)Cc1ccccc1. The molecule has 0 unspecified atom stereocenters. The minimum absolute atomic E-state index is 0.110. The number of carboxylic acid groups (broad SMARTS) is 1. The highest BCUT2D eigenvalue weighted by atomic mass is 16.6. The molecule has 4 N–H and O–H groups in total. The van der Waals surface area contributed by atoms with Gasteiger partial charge in [0, 0.05) is 29.6 Å². The lowest BCUT2D eigenvalue weighted by Crippen LogP contribution is -2.61. The van der Waals surface area contributed by atoms with Gasteiger partial charge in [-0.15, -0.1) is 0 Å². The van der Waals surface area contributed by atoms with Crippen LogP contribution >= 0.6 is 0 Å². The van der Waals surface area contributed by atoms with Crippen LogP contribution in [0.15, 0.2) is 60.8 Å². The molecule has 1 heterocycles. The van der Waals surface area contributed by atoms with Crippen molar-refractivity contribution in [1.29, 1.82) is 0 Å². The smallest absolute Gasteiger partial charge is 0.408 e. The van der Waals surface area contributed by atoms with Crippen molar-refractivity contribution in [2.45, 2.75) is 76.0 Å². The number of aromatic nitrogens is 1. The summed E-state index contributed by atoms with van der Waals surface area (Å²) in [6.07, 6.45) is 7.30. The van der Waals surface area contributed by atoms with Crippen molar-refractivity contribution in [2.24, 2.45) is 23.7 Å². The Morgan fingerprint density at radius 3 is 2.32 bits per heavy atom. The predicted octanol–water partition coefficient (Wildman–Crippen LogP) is 5.22. The first-order valence-corrected chi connectivity index (χ1v) is 14.9. The van der Waals surface area contributed by atoms with E-state index < -0.39 is 29.6 Å². The molecule has 4 aliphatic rings. The molecule has 216 valence electrons. The molecule has 0 spiro atoms. The molecule has 0 radical (unpaired) electrons. The summed E-state index contributed by atoms with van der Waals surface area (Å²) in [5.74, 6) is 0.877. The number of rotatable bonds is 10. The standard InChI is InChI=1S/C33H39N3O5/c1-33(18-25-19-34-28-10-6-5-9-27(25)28,31(39)35-26(17-29(37)38)16-20-7-3-2-4-8-20)36-32(40)41-30-23-12-21-11-22(14-23)15-24(30)13-21/h2-10,19,21-24,26,30,34H,11-18H2,1H3,(H,35,39)(H,36,40)(H,37,38)/t21?,22?,23?,24?,26-,30?,33-/m0/s1. The summed E-state index contributed by atoms with van der Waals surface area (Å²) in [7, 11) is 0. The maximum atomic E-state index is 14.0. The largest absolute Gasteiger partial charge is 0.481 e. The van der Waals surface area contributed by atoms with Gasteiger partial charge in [0.1, 0.15) is 11.6 Å². The summed E-state index contributed by atoms with van der Waals surface area (Å²) in [5.41, 5.74) is 1.37. The maximum Gasteiger partial charge on any atom is 0.408 e. The maximum absolute atomic E-state index is 14.0. The normalized spacial score (nSPS) is 26.7. The molecule has 41 heavy (non-hydrogen) atoms. The number of para-hydroxylation sites is 1. The Hall–Kier alpha value is -3.81. The second-order valence-corrected chi connectivity index (χ2v) is 12.8. The molecule has 1 aromatic heterocycles. The first-order chi connectivity index (χ1) is 19.8. The Morgan fingerprint density at radius 1 is 0.976 bits per heavy atom. The van der Waals surface area contributed by atoms with Crippen molar-refractivity contribution in [3.8, 4) is 0 Å². The summed E-state index contributed by atoms with van der Waals surface area (Å²) < 4.78 is 6.11. The van der Waals surface area contributed by atoms with Crippen molar-refractivity contribution in [3.05, 3.63) is 71.9 Å². The predicted molar refractivity (Wildman–Crippen MR) is 155 cm³/mol. The van der Waals surface area contributed by atoms with Crippen LogP contribution in [0.2, 0.25) is 0 Å². The fourth-order valence-corrected chi connectivity index (χ4v) is 7.91. The van der Waals surface area contributed by atoms with E-state index in [4.69, 9.17) is 4.74 Å². The van der Waals surface area contributed by atoms with E-state index in [9.17, 15) is 19.5 Å². The van der Waals surface area contributed by atoms with E-state index >= 15 is 0 Å². The average molecular weight is 558 g/mol. The molecule has 0 aliphatic heterocycles. The van der Waals surface area contributed by atoms with Crippen LogP contribution < -0.4 is 10.6 Å². The van der Waals surface area contributed by atoms with Crippen molar-refractivity contribution in [1.82, 2.24) is 15.6 Å². The van der Waals surface area contributed by atoms with E-state index in [-0.39, 0.29) is 18.9 Å². The zero-order valence-electron chi connectivity index (χ0n) is 23.5. The number of hydrogen-bond donors (Lipinski definition) is 4. The van der Waals surface area contributed by atoms with Crippen LogP contribution in [0.1, 0.15) is 56.6 Å². The third-order valence-electron chi connectivity index (χ3n) is 9.56. The fraction of sp³-hybridized carbons (Fsp3) is 0.485. The van der Waals surface area contributed by atoms with Crippen LogP contribution in [0.5, 0.6) is 0 Å². The van der Waals surface area contributed by atoms with Crippen LogP contribution in [0.4, 0.5) is 4.79 Å². The fourth-order valence-electron chi connectivity index (χ4n) is 7.91. The number of carbonyl (C=O) groups is 3. The number of fused-ring (bicyclic) bond motifs is 1. The molecule has 8 nitrogen and oxygen atoms in total. The van der Waals surface area contributed by atoms with Gasteiger partial charge in [0.2, 0.25) is 5.91 Å². The van der Waals surface area contributed by atoms with Crippen LogP contribution in [-0.2, 0) is 27.2 Å². The highest BCUT2D eigenvalue weighted by molar-refractivity contribution is 5.92. The van der Waals surface area contributed by atoms with E-state index in [1.54, 1.807) is 6.92 Å². The molecular weight excluding hydrogens is 518 g/mol. The number of H-pyrrole nitrogens is 1. The van der Waals surface area contributed by atoms with Gasteiger partial charge >= 0.3 is 12.1 Å². The van der Waals surface area contributed by atoms with Gasteiger partial charge in [-0.3, -0.25) is 9.59 Å². The Morgan fingerprint density at radius 2 is 1.63 bits per heavy atom. The number of ether oxygens (including phenoxy) is 1. The van der Waals surface area contributed by atoms with E-state index in [0.717, 1.165) is 59.5 Å². The van der Waals surface area contributed by atoms with Gasteiger partial charge in [-0.2, -0.15) is 0 Å².